The number of ketones is 1. The molecule has 0 unspecified atom stereocenters. The Morgan fingerprint density at radius 3 is 2.33 bits per heavy atom. The molecule has 0 saturated carbocycles. The Labute approximate surface area is 239 Å². The zero-order valence-electron chi connectivity index (χ0n) is 22.9. The topological polar surface area (TPSA) is 116 Å². The highest BCUT2D eigenvalue weighted by Gasteiger charge is 2.31. The number of nitrogens with zero attached hydrogens (tertiary/aromatic N) is 3. The van der Waals surface area contributed by atoms with E-state index in [0.29, 0.717) is 34.7 Å². The van der Waals surface area contributed by atoms with E-state index in [2.05, 4.69) is 25.9 Å². The number of benzene rings is 3. The van der Waals surface area contributed by atoms with Crippen LogP contribution in [-0.4, -0.2) is 34.7 Å². The third kappa shape index (κ3) is 7.27. The molecule has 3 aromatic carbocycles. The number of hydrogen-bond acceptors (Lipinski definition) is 6. The van der Waals surface area contributed by atoms with Gasteiger partial charge in [0.25, 0.3) is 5.91 Å². The average molecular weight is 577 g/mol. The predicted octanol–water partition coefficient (Wildman–Crippen LogP) is 7.06. The minimum atomic E-state index is -4.58. The van der Waals surface area contributed by atoms with E-state index in [4.69, 9.17) is 0 Å². The van der Waals surface area contributed by atoms with Gasteiger partial charge in [-0.2, -0.15) is 13.2 Å². The maximum absolute atomic E-state index is 13.1. The van der Waals surface area contributed by atoms with E-state index in [9.17, 15) is 27.6 Å². The molecule has 0 fully saturated rings. The van der Waals surface area contributed by atoms with Crippen molar-refractivity contribution in [2.45, 2.75) is 26.4 Å². The molecular formula is C30H27F3N6O3. The molecule has 216 valence electrons. The van der Waals surface area contributed by atoms with Crippen LogP contribution in [-0.2, 0) is 6.18 Å². The lowest BCUT2D eigenvalue weighted by atomic mass is 10.1. The number of Topliss-reactive ketones (excluding diaryl/α,β-unsaturated/α-hetero) is 1. The van der Waals surface area contributed by atoms with Gasteiger partial charge in [-0.05, 0) is 55.0 Å². The average Bonchev–Trinajstić information content (AvgIpc) is 2.98. The zero-order chi connectivity index (χ0) is 30.4. The van der Waals surface area contributed by atoms with E-state index in [1.165, 1.54) is 30.4 Å². The fourth-order valence-corrected chi connectivity index (χ4v) is 3.90. The second-order valence-electron chi connectivity index (χ2n) is 9.30. The number of carbonyl (C=O) groups excluding carboxylic acids is 3. The van der Waals surface area contributed by atoms with Gasteiger partial charge in [-0.3, -0.25) is 14.5 Å². The Morgan fingerprint density at radius 1 is 0.857 bits per heavy atom. The summed E-state index contributed by atoms with van der Waals surface area (Å²) in [5.41, 5.74) is 1.45. The van der Waals surface area contributed by atoms with E-state index in [1.54, 1.807) is 56.3 Å². The molecule has 4 rings (SSSR count). The first-order valence-electron chi connectivity index (χ1n) is 12.8. The normalized spacial score (nSPS) is 11.0. The van der Waals surface area contributed by atoms with E-state index in [1.807, 2.05) is 0 Å². The smallest absolute Gasteiger partial charge is 0.340 e. The number of anilines is 5. The van der Waals surface area contributed by atoms with Gasteiger partial charge >= 0.3 is 12.2 Å². The zero-order valence-corrected chi connectivity index (χ0v) is 22.9. The standard InChI is InChI=1S/C30H27F3N6O3/c1-4-25(40)19-7-6-10-22(14-19)36-26-16-27(35-17-34-26)39(3)29(42)38-24-15-23(12-11-18(24)2)37-28(41)20-8-5-9-21(13-20)30(31,32)33/h5-17H,4H2,1-3H3,(H,37,41)(H,38,42)(H,34,35,36). The van der Waals surface area contributed by atoms with Crippen molar-refractivity contribution in [3.05, 3.63) is 101 Å². The third-order valence-corrected chi connectivity index (χ3v) is 6.27. The fourth-order valence-electron chi connectivity index (χ4n) is 3.90. The summed E-state index contributed by atoms with van der Waals surface area (Å²) >= 11 is 0. The Hall–Kier alpha value is -5.26. The van der Waals surface area contributed by atoms with Gasteiger partial charge in [0, 0.05) is 47.7 Å². The Bertz CT molecular complexity index is 1640. The number of aryl methyl sites for hydroxylation is 1. The molecule has 1 aromatic heterocycles. The summed E-state index contributed by atoms with van der Waals surface area (Å²) in [5.74, 6) is -0.0494. The van der Waals surface area contributed by atoms with Crippen LogP contribution < -0.4 is 20.9 Å². The molecule has 0 aliphatic heterocycles. The monoisotopic (exact) mass is 576 g/mol. The highest BCUT2D eigenvalue weighted by molar-refractivity contribution is 6.05. The van der Waals surface area contributed by atoms with Crippen LogP contribution in [0.3, 0.4) is 0 Å². The lowest BCUT2D eigenvalue weighted by Crippen LogP contribution is -2.32. The number of hydrogen-bond donors (Lipinski definition) is 3. The van der Waals surface area contributed by atoms with E-state index < -0.39 is 23.7 Å². The van der Waals surface area contributed by atoms with Crippen LogP contribution in [0.1, 0.15) is 45.2 Å². The molecule has 12 heteroatoms. The second-order valence-corrected chi connectivity index (χ2v) is 9.30. The van der Waals surface area contributed by atoms with Gasteiger partial charge in [-0.25, -0.2) is 14.8 Å². The van der Waals surface area contributed by atoms with Gasteiger partial charge in [0.15, 0.2) is 5.78 Å². The van der Waals surface area contributed by atoms with Gasteiger partial charge in [0.1, 0.15) is 18.0 Å². The van der Waals surface area contributed by atoms with Gasteiger partial charge in [-0.1, -0.05) is 31.2 Å². The minimum Gasteiger partial charge on any atom is -0.340 e. The van der Waals surface area contributed by atoms with Crippen molar-refractivity contribution < 1.29 is 27.6 Å². The number of rotatable bonds is 8. The van der Waals surface area contributed by atoms with E-state index >= 15 is 0 Å². The molecule has 0 aliphatic rings. The van der Waals surface area contributed by atoms with Crippen molar-refractivity contribution in [2.75, 3.05) is 27.9 Å². The molecule has 3 amide bonds. The number of alkyl halides is 3. The number of aromatic nitrogens is 2. The van der Waals surface area contributed by atoms with Crippen LogP contribution >= 0.6 is 0 Å². The van der Waals surface area contributed by atoms with Gasteiger partial charge in [-0.15, -0.1) is 0 Å². The van der Waals surface area contributed by atoms with Crippen LogP contribution in [0.2, 0.25) is 0 Å². The highest BCUT2D eigenvalue weighted by atomic mass is 19.4. The molecular weight excluding hydrogens is 549 g/mol. The Morgan fingerprint density at radius 2 is 1.60 bits per heavy atom. The lowest BCUT2D eigenvalue weighted by Gasteiger charge is -2.19. The molecule has 0 atom stereocenters. The maximum Gasteiger partial charge on any atom is 0.416 e. The molecule has 0 saturated heterocycles. The summed E-state index contributed by atoms with van der Waals surface area (Å²) in [6, 6.07) is 16.8. The van der Waals surface area contributed by atoms with Crippen LogP contribution in [0.5, 0.6) is 0 Å². The minimum absolute atomic E-state index is 0.00742. The van der Waals surface area contributed by atoms with Gasteiger partial charge in [0.05, 0.1) is 5.56 Å². The molecule has 1 heterocycles. The molecule has 0 spiro atoms. The summed E-state index contributed by atoms with van der Waals surface area (Å²) < 4.78 is 39.1. The summed E-state index contributed by atoms with van der Waals surface area (Å²) in [7, 11) is 1.51. The third-order valence-electron chi connectivity index (χ3n) is 6.27. The first-order chi connectivity index (χ1) is 19.9. The first-order valence-corrected chi connectivity index (χ1v) is 12.8. The van der Waals surface area contributed by atoms with Gasteiger partial charge < -0.3 is 16.0 Å². The van der Waals surface area contributed by atoms with Crippen molar-refractivity contribution in [1.29, 1.82) is 0 Å². The van der Waals surface area contributed by atoms with Crippen molar-refractivity contribution in [1.82, 2.24) is 9.97 Å². The summed E-state index contributed by atoms with van der Waals surface area (Å²) in [4.78, 5) is 47.3. The molecule has 42 heavy (non-hydrogen) atoms. The number of amides is 3. The van der Waals surface area contributed by atoms with Crippen LogP contribution in [0.25, 0.3) is 0 Å². The summed E-state index contributed by atoms with van der Waals surface area (Å²) in [6.07, 6.45) is -2.91. The predicted molar refractivity (Wildman–Crippen MR) is 154 cm³/mol. The highest BCUT2D eigenvalue weighted by Crippen LogP contribution is 2.30. The Kier molecular flexibility index (Phi) is 8.84. The summed E-state index contributed by atoms with van der Waals surface area (Å²) in [6.45, 7) is 3.53. The van der Waals surface area contributed by atoms with E-state index in [-0.39, 0.29) is 22.9 Å². The quantitative estimate of drug-likeness (QED) is 0.193. The lowest BCUT2D eigenvalue weighted by molar-refractivity contribution is -0.137. The molecule has 0 bridgehead atoms. The van der Waals surface area contributed by atoms with Crippen LogP contribution in [0, 0.1) is 6.92 Å². The number of carbonyl (C=O) groups is 3. The number of nitrogens with one attached hydrogen (secondary N) is 3. The van der Waals surface area contributed by atoms with Crippen molar-refractivity contribution >= 4 is 46.4 Å². The molecule has 9 nitrogen and oxygen atoms in total. The number of urea groups is 1. The Balaban J connectivity index is 1.45. The second kappa shape index (κ2) is 12.5. The maximum atomic E-state index is 13.1. The van der Waals surface area contributed by atoms with Crippen LogP contribution in [0.15, 0.2) is 79.1 Å². The van der Waals surface area contributed by atoms with Crippen molar-refractivity contribution in [2.24, 2.45) is 0 Å². The SMILES string of the molecule is CCC(=O)c1cccc(Nc2cc(N(C)C(=O)Nc3cc(NC(=O)c4cccc(C(F)(F)F)c4)ccc3C)ncn2)c1. The van der Waals surface area contributed by atoms with Gasteiger partial charge in [0.2, 0.25) is 0 Å². The van der Waals surface area contributed by atoms with Crippen molar-refractivity contribution in [3.63, 3.8) is 0 Å². The number of halogens is 3. The van der Waals surface area contributed by atoms with E-state index in [0.717, 1.165) is 18.2 Å². The molecule has 4 aromatic rings. The molecule has 3 N–H and O–H groups in total. The molecule has 0 radical (unpaired) electrons. The first kappa shape index (κ1) is 29.7. The largest absolute Gasteiger partial charge is 0.416 e. The fraction of sp³-hybridized carbons (Fsp3) is 0.167. The summed E-state index contributed by atoms with van der Waals surface area (Å²) in [5, 5.41) is 8.42. The van der Waals surface area contributed by atoms with Crippen LogP contribution in [0.4, 0.5) is 46.7 Å². The molecule has 0 aliphatic carbocycles. The van der Waals surface area contributed by atoms with Crippen molar-refractivity contribution in [3.8, 4) is 0 Å².